The molecule has 1 aliphatic carbocycles. The summed E-state index contributed by atoms with van der Waals surface area (Å²) in [6.45, 7) is 1.66. The Balaban J connectivity index is 0.00000364. The zero-order chi connectivity index (χ0) is 19.4. The first-order valence-corrected chi connectivity index (χ1v) is 8.42. The number of rotatable bonds is 6. The van der Waals surface area contributed by atoms with Crippen molar-refractivity contribution >= 4 is 18.0 Å². The van der Waals surface area contributed by atoms with Crippen molar-refractivity contribution in [1.29, 1.82) is 0 Å². The van der Waals surface area contributed by atoms with Crippen LogP contribution in [0.3, 0.4) is 0 Å². The second kappa shape index (κ2) is 11.6. The molecule has 2 rings (SSSR count). The molecule has 1 saturated carbocycles. The van der Waals surface area contributed by atoms with Crippen LogP contribution in [-0.4, -0.2) is 36.2 Å². The van der Waals surface area contributed by atoms with Crippen molar-refractivity contribution in [3.05, 3.63) is 29.8 Å². The molecule has 0 bridgehead atoms. The SMILES string of the molecule is COc1cc(/C=C/C(=O)NCC2(O)CCC(C)(C(=O)[O-])CC2)ccc1[O-].[Na+].[Na+]. The summed E-state index contributed by atoms with van der Waals surface area (Å²) in [5, 5.41) is 35.7. The molecular formula is C19H23NNa2O6. The van der Waals surface area contributed by atoms with Gasteiger partial charge in [0.25, 0.3) is 0 Å². The van der Waals surface area contributed by atoms with Crippen molar-refractivity contribution in [3.8, 4) is 11.5 Å². The Morgan fingerprint density at radius 1 is 1.25 bits per heavy atom. The zero-order valence-corrected chi connectivity index (χ0v) is 20.9. The normalized spacial score (nSPS) is 24.0. The first kappa shape index (κ1) is 27.5. The molecule has 0 heterocycles. The Hall–Kier alpha value is -0.540. The summed E-state index contributed by atoms with van der Waals surface area (Å²) in [4.78, 5) is 23.1. The quantitative estimate of drug-likeness (QED) is 0.358. The van der Waals surface area contributed by atoms with Crippen molar-refractivity contribution in [1.82, 2.24) is 5.32 Å². The minimum atomic E-state index is -1.12. The van der Waals surface area contributed by atoms with Gasteiger partial charge in [0.2, 0.25) is 5.91 Å². The predicted octanol–water partition coefficient (Wildman–Crippen LogP) is -6.03. The molecule has 1 aromatic carbocycles. The van der Waals surface area contributed by atoms with Gasteiger partial charge in [-0.25, -0.2) is 0 Å². The molecule has 28 heavy (non-hydrogen) atoms. The van der Waals surface area contributed by atoms with Crippen molar-refractivity contribution in [2.24, 2.45) is 5.41 Å². The summed E-state index contributed by atoms with van der Waals surface area (Å²) in [6.07, 6.45) is 4.01. The second-order valence-electron chi connectivity index (χ2n) is 7.03. The van der Waals surface area contributed by atoms with Crippen LogP contribution in [0.25, 0.3) is 6.08 Å². The standard InChI is InChI=1S/C19H25NO6.2Na/c1-18(17(23)24)7-9-19(25,10-8-18)12-20-16(22)6-4-13-3-5-14(21)15(11-13)26-2;;/h3-6,11,21,25H,7-10,12H2,1-2H3,(H,20,22)(H,23,24);;/q;2*+1/p-2/b6-4+;;. The van der Waals surface area contributed by atoms with Crippen molar-refractivity contribution in [2.45, 2.75) is 38.2 Å². The molecule has 2 N–H and O–H groups in total. The third-order valence-electron chi connectivity index (χ3n) is 4.98. The molecule has 1 aromatic rings. The molecule has 0 atom stereocenters. The number of ether oxygens (including phenoxy) is 1. The fourth-order valence-electron chi connectivity index (χ4n) is 2.92. The predicted molar refractivity (Wildman–Crippen MR) is 91.0 cm³/mol. The molecule has 142 valence electrons. The molecule has 0 saturated heterocycles. The van der Waals surface area contributed by atoms with E-state index in [1.54, 1.807) is 13.0 Å². The van der Waals surface area contributed by atoms with Crippen LogP contribution in [0.15, 0.2) is 24.3 Å². The molecule has 1 aliphatic rings. The summed E-state index contributed by atoms with van der Waals surface area (Å²) < 4.78 is 4.94. The number of benzene rings is 1. The monoisotopic (exact) mass is 407 g/mol. The number of amides is 1. The Morgan fingerprint density at radius 3 is 2.39 bits per heavy atom. The minimum Gasteiger partial charge on any atom is -0.870 e. The van der Waals surface area contributed by atoms with Gasteiger partial charge in [-0.1, -0.05) is 24.8 Å². The van der Waals surface area contributed by atoms with Crippen molar-refractivity contribution < 1.29 is 88.8 Å². The van der Waals surface area contributed by atoms with Gasteiger partial charge in [-0.3, -0.25) is 4.79 Å². The van der Waals surface area contributed by atoms with Crippen LogP contribution in [0.2, 0.25) is 0 Å². The van der Waals surface area contributed by atoms with Gasteiger partial charge in [0.05, 0.1) is 12.7 Å². The maximum atomic E-state index is 12.0. The number of aliphatic carboxylic acids is 1. The van der Waals surface area contributed by atoms with Gasteiger partial charge >= 0.3 is 59.1 Å². The van der Waals surface area contributed by atoms with Gasteiger partial charge in [0.15, 0.2) is 0 Å². The number of nitrogens with one attached hydrogen (secondary N) is 1. The van der Waals surface area contributed by atoms with Gasteiger partial charge in [-0.15, -0.1) is 0 Å². The third-order valence-corrected chi connectivity index (χ3v) is 4.98. The van der Waals surface area contributed by atoms with E-state index in [0.717, 1.165) is 0 Å². The van der Waals surface area contributed by atoms with Crippen LogP contribution in [0.5, 0.6) is 11.5 Å². The fourth-order valence-corrected chi connectivity index (χ4v) is 2.92. The Labute approximate surface area is 209 Å². The molecule has 0 radical (unpaired) electrons. The Morgan fingerprint density at radius 2 is 1.86 bits per heavy atom. The molecule has 1 fully saturated rings. The molecule has 0 aliphatic heterocycles. The molecule has 0 spiro atoms. The van der Waals surface area contributed by atoms with E-state index < -0.39 is 22.9 Å². The van der Waals surface area contributed by atoms with Gasteiger partial charge in [-0.05, 0) is 43.4 Å². The number of methoxy groups -OCH3 is 1. The van der Waals surface area contributed by atoms with Gasteiger partial charge in [0.1, 0.15) is 5.75 Å². The van der Waals surface area contributed by atoms with E-state index in [4.69, 9.17) is 4.74 Å². The summed E-state index contributed by atoms with van der Waals surface area (Å²) >= 11 is 0. The van der Waals surface area contributed by atoms with Crippen LogP contribution in [0.4, 0.5) is 0 Å². The molecular weight excluding hydrogens is 384 g/mol. The number of hydrogen-bond donors (Lipinski definition) is 2. The van der Waals surface area contributed by atoms with Gasteiger partial charge in [0, 0.05) is 24.0 Å². The average Bonchev–Trinajstić information content (AvgIpc) is 2.62. The van der Waals surface area contributed by atoms with Crippen LogP contribution in [0, 0.1) is 5.41 Å². The summed E-state index contributed by atoms with van der Waals surface area (Å²) in [5.74, 6) is -1.54. The number of carboxylic acid groups (broad SMARTS) is 1. The fraction of sp³-hybridized carbons (Fsp3) is 0.474. The first-order valence-electron chi connectivity index (χ1n) is 8.42. The number of carboxylic acids is 1. The first-order chi connectivity index (χ1) is 12.2. The number of aliphatic hydroxyl groups is 1. The van der Waals surface area contributed by atoms with Crippen LogP contribution in [0.1, 0.15) is 38.2 Å². The van der Waals surface area contributed by atoms with Gasteiger partial charge < -0.3 is 30.2 Å². The maximum absolute atomic E-state index is 12.0. The smallest absolute Gasteiger partial charge is 0.870 e. The second-order valence-corrected chi connectivity index (χ2v) is 7.03. The van der Waals surface area contributed by atoms with E-state index in [1.807, 2.05) is 0 Å². The van der Waals surface area contributed by atoms with E-state index in [0.29, 0.717) is 18.4 Å². The molecule has 0 aromatic heterocycles. The Kier molecular flexibility index (Phi) is 11.4. The molecule has 7 nitrogen and oxygen atoms in total. The van der Waals surface area contributed by atoms with Gasteiger partial charge in [-0.2, -0.15) is 0 Å². The average molecular weight is 407 g/mol. The van der Waals surface area contributed by atoms with Crippen LogP contribution >= 0.6 is 0 Å². The van der Waals surface area contributed by atoms with E-state index in [1.165, 1.54) is 31.4 Å². The molecule has 9 heteroatoms. The largest absolute Gasteiger partial charge is 1.00 e. The maximum Gasteiger partial charge on any atom is 1.00 e. The van der Waals surface area contributed by atoms with E-state index >= 15 is 0 Å². The Bertz CT molecular complexity index is 714. The van der Waals surface area contributed by atoms with Crippen LogP contribution in [-0.2, 0) is 9.59 Å². The number of hydrogen-bond acceptors (Lipinski definition) is 6. The van der Waals surface area contributed by atoms with Crippen LogP contribution < -0.4 is 79.4 Å². The third kappa shape index (κ3) is 7.37. The number of carbonyl (C=O) groups is 2. The minimum absolute atomic E-state index is 0. The van der Waals surface area contributed by atoms with Crippen molar-refractivity contribution in [2.75, 3.05) is 13.7 Å². The van der Waals surface area contributed by atoms with E-state index in [9.17, 15) is 24.9 Å². The summed E-state index contributed by atoms with van der Waals surface area (Å²) in [6, 6.07) is 4.46. The summed E-state index contributed by atoms with van der Waals surface area (Å²) in [5.41, 5.74) is -1.41. The van der Waals surface area contributed by atoms with Crippen molar-refractivity contribution in [3.63, 3.8) is 0 Å². The van der Waals surface area contributed by atoms with E-state index in [-0.39, 0.29) is 90.0 Å². The summed E-state index contributed by atoms with van der Waals surface area (Å²) in [7, 11) is 1.40. The molecule has 0 unspecified atom stereocenters. The number of carbonyl (C=O) groups excluding carboxylic acids is 2. The molecule has 1 amide bonds. The van der Waals surface area contributed by atoms with E-state index in [2.05, 4.69) is 5.32 Å². The zero-order valence-electron chi connectivity index (χ0n) is 16.9. The topological polar surface area (TPSA) is 122 Å².